The van der Waals surface area contributed by atoms with Crippen LogP contribution in [0.3, 0.4) is 0 Å². The SMILES string of the molecule is CC(C)(C)c1ccccc1-c1ccc(Br)cn1. The van der Waals surface area contributed by atoms with Gasteiger partial charge in [0.1, 0.15) is 0 Å². The van der Waals surface area contributed by atoms with Gasteiger partial charge in [-0.2, -0.15) is 0 Å². The van der Waals surface area contributed by atoms with Crippen LogP contribution in [0.2, 0.25) is 0 Å². The predicted molar refractivity (Wildman–Crippen MR) is 76.1 cm³/mol. The van der Waals surface area contributed by atoms with E-state index >= 15 is 0 Å². The molecule has 0 radical (unpaired) electrons. The van der Waals surface area contributed by atoms with Gasteiger partial charge in [0, 0.05) is 16.2 Å². The van der Waals surface area contributed by atoms with Crippen LogP contribution in [-0.4, -0.2) is 4.98 Å². The molecule has 2 heteroatoms. The Hall–Kier alpha value is -1.15. The Morgan fingerprint density at radius 1 is 1.00 bits per heavy atom. The zero-order chi connectivity index (χ0) is 12.5. The van der Waals surface area contributed by atoms with E-state index in [0.717, 1.165) is 10.2 Å². The molecule has 0 amide bonds. The summed E-state index contributed by atoms with van der Waals surface area (Å²) in [5.74, 6) is 0. The van der Waals surface area contributed by atoms with Crippen molar-refractivity contribution in [3.8, 4) is 11.3 Å². The molecule has 17 heavy (non-hydrogen) atoms. The molecule has 1 heterocycles. The highest BCUT2D eigenvalue weighted by Crippen LogP contribution is 2.31. The van der Waals surface area contributed by atoms with E-state index in [9.17, 15) is 0 Å². The first-order chi connectivity index (χ1) is 7.98. The molecule has 0 saturated heterocycles. The van der Waals surface area contributed by atoms with E-state index in [2.05, 4.69) is 72.0 Å². The van der Waals surface area contributed by atoms with Gasteiger partial charge in [-0.15, -0.1) is 0 Å². The summed E-state index contributed by atoms with van der Waals surface area (Å²) in [7, 11) is 0. The largest absolute Gasteiger partial charge is 0.255 e. The van der Waals surface area contributed by atoms with Gasteiger partial charge in [0.25, 0.3) is 0 Å². The standard InChI is InChI=1S/C15H16BrN/c1-15(2,3)13-7-5-4-6-12(13)14-9-8-11(16)10-17-14/h4-10H,1-3H3. The average molecular weight is 290 g/mol. The molecule has 0 aliphatic carbocycles. The number of aromatic nitrogens is 1. The van der Waals surface area contributed by atoms with Gasteiger partial charge in [-0.05, 0) is 39.0 Å². The van der Waals surface area contributed by atoms with Crippen molar-refractivity contribution in [1.82, 2.24) is 4.98 Å². The van der Waals surface area contributed by atoms with Crippen LogP contribution in [0.5, 0.6) is 0 Å². The predicted octanol–water partition coefficient (Wildman–Crippen LogP) is 4.81. The van der Waals surface area contributed by atoms with Gasteiger partial charge >= 0.3 is 0 Å². The van der Waals surface area contributed by atoms with Gasteiger partial charge in [0.05, 0.1) is 5.69 Å². The summed E-state index contributed by atoms with van der Waals surface area (Å²) in [6.07, 6.45) is 1.84. The Balaban J connectivity index is 2.56. The Labute approximate surface area is 111 Å². The summed E-state index contributed by atoms with van der Waals surface area (Å²) < 4.78 is 1.01. The molecule has 2 aromatic rings. The maximum absolute atomic E-state index is 4.48. The lowest BCUT2D eigenvalue weighted by Crippen LogP contribution is -2.12. The third-order valence-corrected chi connectivity index (χ3v) is 3.21. The van der Waals surface area contributed by atoms with Crippen LogP contribution in [0.15, 0.2) is 47.1 Å². The fourth-order valence-corrected chi connectivity index (χ4v) is 2.13. The fourth-order valence-electron chi connectivity index (χ4n) is 1.90. The zero-order valence-corrected chi connectivity index (χ0v) is 12.0. The summed E-state index contributed by atoms with van der Waals surface area (Å²) in [4.78, 5) is 4.48. The van der Waals surface area contributed by atoms with Crippen LogP contribution in [0.4, 0.5) is 0 Å². The van der Waals surface area contributed by atoms with E-state index in [-0.39, 0.29) is 5.41 Å². The monoisotopic (exact) mass is 289 g/mol. The van der Waals surface area contributed by atoms with E-state index in [0.29, 0.717) is 0 Å². The van der Waals surface area contributed by atoms with E-state index in [1.54, 1.807) is 0 Å². The molecule has 0 spiro atoms. The van der Waals surface area contributed by atoms with E-state index < -0.39 is 0 Å². The van der Waals surface area contributed by atoms with Gasteiger partial charge in [-0.3, -0.25) is 4.98 Å². The molecule has 1 aromatic heterocycles. The highest BCUT2D eigenvalue weighted by atomic mass is 79.9. The van der Waals surface area contributed by atoms with E-state index in [1.165, 1.54) is 11.1 Å². The second kappa shape index (κ2) is 4.61. The number of rotatable bonds is 1. The number of benzene rings is 1. The first-order valence-corrected chi connectivity index (χ1v) is 6.49. The molecule has 0 aliphatic heterocycles. The molecular weight excluding hydrogens is 274 g/mol. The fraction of sp³-hybridized carbons (Fsp3) is 0.267. The summed E-state index contributed by atoms with van der Waals surface area (Å²) >= 11 is 3.41. The number of hydrogen-bond donors (Lipinski definition) is 0. The van der Waals surface area contributed by atoms with Crippen LogP contribution < -0.4 is 0 Å². The van der Waals surface area contributed by atoms with Crippen molar-refractivity contribution in [3.63, 3.8) is 0 Å². The number of nitrogens with zero attached hydrogens (tertiary/aromatic N) is 1. The summed E-state index contributed by atoms with van der Waals surface area (Å²) in [5.41, 5.74) is 3.70. The molecular formula is C15H16BrN. The van der Waals surface area contributed by atoms with Crippen LogP contribution in [0.1, 0.15) is 26.3 Å². The second-order valence-corrected chi connectivity index (χ2v) is 6.07. The van der Waals surface area contributed by atoms with Crippen LogP contribution in [0, 0.1) is 0 Å². The lowest BCUT2D eigenvalue weighted by molar-refractivity contribution is 0.592. The van der Waals surface area contributed by atoms with Crippen molar-refractivity contribution in [2.75, 3.05) is 0 Å². The minimum Gasteiger partial charge on any atom is -0.255 e. The Morgan fingerprint density at radius 3 is 2.29 bits per heavy atom. The Bertz CT molecular complexity index is 509. The topological polar surface area (TPSA) is 12.9 Å². The normalized spacial score (nSPS) is 11.5. The third-order valence-electron chi connectivity index (χ3n) is 2.74. The zero-order valence-electron chi connectivity index (χ0n) is 10.4. The first kappa shape index (κ1) is 12.3. The summed E-state index contributed by atoms with van der Waals surface area (Å²) in [5, 5.41) is 0. The van der Waals surface area contributed by atoms with Crippen molar-refractivity contribution in [1.29, 1.82) is 0 Å². The quantitative estimate of drug-likeness (QED) is 0.734. The first-order valence-electron chi connectivity index (χ1n) is 5.70. The lowest BCUT2D eigenvalue weighted by atomic mass is 9.83. The number of halogens is 1. The maximum atomic E-state index is 4.48. The lowest BCUT2D eigenvalue weighted by Gasteiger charge is -2.22. The van der Waals surface area contributed by atoms with Gasteiger partial charge < -0.3 is 0 Å². The molecule has 1 aromatic carbocycles. The molecule has 2 rings (SSSR count). The van der Waals surface area contributed by atoms with Crippen LogP contribution in [-0.2, 0) is 5.41 Å². The molecule has 0 aliphatic rings. The van der Waals surface area contributed by atoms with Gasteiger partial charge in [-0.25, -0.2) is 0 Å². The van der Waals surface area contributed by atoms with Crippen LogP contribution in [0.25, 0.3) is 11.3 Å². The van der Waals surface area contributed by atoms with Crippen molar-refractivity contribution in [3.05, 3.63) is 52.6 Å². The van der Waals surface area contributed by atoms with E-state index in [4.69, 9.17) is 0 Å². The maximum Gasteiger partial charge on any atom is 0.0705 e. The third kappa shape index (κ3) is 2.75. The minimum absolute atomic E-state index is 0.130. The van der Waals surface area contributed by atoms with Crippen molar-refractivity contribution in [2.24, 2.45) is 0 Å². The number of hydrogen-bond acceptors (Lipinski definition) is 1. The van der Waals surface area contributed by atoms with Crippen LogP contribution >= 0.6 is 15.9 Å². The number of pyridine rings is 1. The van der Waals surface area contributed by atoms with E-state index in [1.807, 2.05) is 12.3 Å². The van der Waals surface area contributed by atoms with Crippen molar-refractivity contribution >= 4 is 15.9 Å². The highest BCUT2D eigenvalue weighted by molar-refractivity contribution is 9.10. The molecule has 0 fully saturated rings. The average Bonchev–Trinajstić information content (AvgIpc) is 2.29. The summed E-state index contributed by atoms with van der Waals surface area (Å²) in [6.45, 7) is 6.68. The Morgan fingerprint density at radius 2 is 1.71 bits per heavy atom. The van der Waals surface area contributed by atoms with Gasteiger partial charge in [-0.1, -0.05) is 45.0 Å². The van der Waals surface area contributed by atoms with Crippen molar-refractivity contribution in [2.45, 2.75) is 26.2 Å². The smallest absolute Gasteiger partial charge is 0.0705 e. The molecule has 88 valence electrons. The molecule has 0 bridgehead atoms. The van der Waals surface area contributed by atoms with Gasteiger partial charge in [0.15, 0.2) is 0 Å². The molecule has 0 N–H and O–H groups in total. The summed E-state index contributed by atoms with van der Waals surface area (Å²) in [6, 6.07) is 12.5. The minimum atomic E-state index is 0.130. The molecule has 0 unspecified atom stereocenters. The van der Waals surface area contributed by atoms with Gasteiger partial charge in [0.2, 0.25) is 0 Å². The molecule has 1 nitrogen and oxygen atoms in total. The highest BCUT2D eigenvalue weighted by Gasteiger charge is 2.18. The molecule has 0 saturated carbocycles. The second-order valence-electron chi connectivity index (χ2n) is 5.16. The van der Waals surface area contributed by atoms with Crippen molar-refractivity contribution < 1.29 is 0 Å². The molecule has 0 atom stereocenters. The Kier molecular flexibility index (Phi) is 3.34.